The number of halogens is 5. The Kier molecular flexibility index (Phi) is 6.69. The van der Waals surface area contributed by atoms with Crippen LogP contribution in [0.3, 0.4) is 0 Å². The highest BCUT2D eigenvalue weighted by Gasteiger charge is 2.31. The fraction of sp³-hybridized carbons (Fsp3) is 0.0976. The molecule has 8 rings (SSSR count). The van der Waals surface area contributed by atoms with Gasteiger partial charge in [-0.3, -0.25) is 0 Å². The van der Waals surface area contributed by atoms with Gasteiger partial charge < -0.3 is 9.13 Å². The number of aryl methyl sites for hydroxylation is 4. The predicted octanol–water partition coefficient (Wildman–Crippen LogP) is 11.3. The molecule has 0 amide bonds. The lowest BCUT2D eigenvalue weighted by atomic mass is 9.96. The van der Waals surface area contributed by atoms with E-state index in [4.69, 9.17) is 0 Å². The molecule has 6 aromatic carbocycles. The van der Waals surface area contributed by atoms with Crippen molar-refractivity contribution < 1.29 is 22.0 Å². The van der Waals surface area contributed by atoms with E-state index in [9.17, 15) is 18.4 Å². The third-order valence-electron chi connectivity index (χ3n) is 9.36. The molecule has 0 aliphatic heterocycles. The van der Waals surface area contributed by atoms with Gasteiger partial charge in [0.05, 0.1) is 39.0 Å². The highest BCUT2D eigenvalue weighted by atomic mass is 19.2. The molecule has 0 atom stereocenters. The minimum atomic E-state index is -2.25. The standard InChI is InChI=1S/C41H26F5N3/c1-20-5-10-30-25(15-20)26-16-21(2)6-11-31(26)48(30)34-14-9-24(35-36(42)38(44)40(46)39(45)37(35)43)41(29(34)19-47)49-32-12-7-22(3)17-27(32)28-18-23(4)8-13-33(28)49/h5-18H,1-4H3. The monoisotopic (exact) mass is 655 g/mol. The lowest BCUT2D eigenvalue weighted by Crippen LogP contribution is -2.10. The number of fused-ring (bicyclic) bond motifs is 6. The zero-order valence-electron chi connectivity index (χ0n) is 26.8. The van der Waals surface area contributed by atoms with Crippen molar-refractivity contribution in [2.24, 2.45) is 0 Å². The Morgan fingerprint density at radius 1 is 0.469 bits per heavy atom. The summed E-state index contributed by atoms with van der Waals surface area (Å²) < 4.78 is 79.0. The second-order valence-corrected chi connectivity index (χ2v) is 12.7. The van der Waals surface area contributed by atoms with Gasteiger partial charge >= 0.3 is 0 Å². The van der Waals surface area contributed by atoms with Crippen LogP contribution in [0.1, 0.15) is 27.8 Å². The highest BCUT2D eigenvalue weighted by Crippen LogP contribution is 2.44. The zero-order chi connectivity index (χ0) is 34.5. The van der Waals surface area contributed by atoms with Gasteiger partial charge in [-0.2, -0.15) is 5.26 Å². The minimum Gasteiger partial charge on any atom is -0.308 e. The fourth-order valence-corrected chi connectivity index (χ4v) is 7.15. The van der Waals surface area contributed by atoms with E-state index >= 15 is 8.78 Å². The van der Waals surface area contributed by atoms with Crippen LogP contribution >= 0.6 is 0 Å². The van der Waals surface area contributed by atoms with Crippen LogP contribution in [0.15, 0.2) is 84.9 Å². The largest absolute Gasteiger partial charge is 0.308 e. The molecule has 0 fully saturated rings. The second kappa shape index (κ2) is 10.8. The van der Waals surface area contributed by atoms with Crippen LogP contribution in [0.2, 0.25) is 0 Å². The Balaban J connectivity index is 1.61. The second-order valence-electron chi connectivity index (χ2n) is 12.7. The van der Waals surface area contributed by atoms with E-state index in [0.717, 1.165) is 54.8 Å². The van der Waals surface area contributed by atoms with Gasteiger partial charge in [0, 0.05) is 27.1 Å². The van der Waals surface area contributed by atoms with Crippen LogP contribution in [-0.2, 0) is 0 Å². The summed E-state index contributed by atoms with van der Waals surface area (Å²) in [6.45, 7) is 7.85. The molecular weight excluding hydrogens is 629 g/mol. The van der Waals surface area contributed by atoms with E-state index in [1.165, 1.54) is 12.1 Å². The zero-order valence-corrected chi connectivity index (χ0v) is 26.8. The summed E-state index contributed by atoms with van der Waals surface area (Å²) in [6.07, 6.45) is 0. The number of hydrogen-bond donors (Lipinski definition) is 0. The topological polar surface area (TPSA) is 33.6 Å². The van der Waals surface area contributed by atoms with Crippen LogP contribution < -0.4 is 0 Å². The van der Waals surface area contributed by atoms with Crippen LogP contribution in [-0.4, -0.2) is 9.13 Å². The molecule has 0 N–H and O–H groups in total. The number of nitriles is 1. The van der Waals surface area contributed by atoms with E-state index < -0.39 is 34.6 Å². The maximum absolute atomic E-state index is 15.7. The lowest BCUT2D eigenvalue weighted by Gasteiger charge is -2.21. The number of nitrogens with zero attached hydrogens (tertiary/aromatic N) is 3. The summed E-state index contributed by atoms with van der Waals surface area (Å²) in [5, 5.41) is 14.5. The Morgan fingerprint density at radius 3 is 1.22 bits per heavy atom. The summed E-state index contributed by atoms with van der Waals surface area (Å²) in [6, 6.07) is 28.4. The summed E-state index contributed by atoms with van der Waals surface area (Å²) in [4.78, 5) is 0. The first kappa shape index (κ1) is 30.4. The molecule has 0 saturated heterocycles. The van der Waals surface area contributed by atoms with Crippen molar-refractivity contribution in [3.05, 3.63) is 142 Å². The van der Waals surface area contributed by atoms with Crippen LogP contribution in [0.5, 0.6) is 0 Å². The van der Waals surface area contributed by atoms with Gasteiger partial charge in [0.1, 0.15) is 11.6 Å². The molecule has 3 nitrogen and oxygen atoms in total. The van der Waals surface area contributed by atoms with Crippen molar-refractivity contribution in [1.29, 1.82) is 5.26 Å². The normalized spacial score (nSPS) is 11.8. The molecule has 0 radical (unpaired) electrons. The molecule has 49 heavy (non-hydrogen) atoms. The molecule has 0 aliphatic rings. The molecule has 8 heteroatoms. The molecule has 0 spiro atoms. The quantitative estimate of drug-likeness (QED) is 0.106. The lowest BCUT2D eigenvalue weighted by molar-refractivity contribution is 0.381. The first-order chi connectivity index (χ1) is 23.5. The van der Waals surface area contributed by atoms with Crippen molar-refractivity contribution in [1.82, 2.24) is 9.13 Å². The van der Waals surface area contributed by atoms with Crippen molar-refractivity contribution in [3.63, 3.8) is 0 Å². The molecule has 8 aromatic rings. The van der Waals surface area contributed by atoms with E-state index in [0.29, 0.717) is 16.7 Å². The Morgan fingerprint density at radius 2 is 0.837 bits per heavy atom. The van der Waals surface area contributed by atoms with Crippen LogP contribution in [0.25, 0.3) is 66.1 Å². The first-order valence-corrected chi connectivity index (χ1v) is 15.6. The Labute approximate surface area is 277 Å². The van der Waals surface area contributed by atoms with Crippen molar-refractivity contribution >= 4 is 43.6 Å². The predicted molar refractivity (Wildman–Crippen MR) is 184 cm³/mol. The van der Waals surface area contributed by atoms with Gasteiger partial charge in [-0.05, 0) is 88.4 Å². The molecule has 0 unspecified atom stereocenters. The van der Waals surface area contributed by atoms with Gasteiger partial charge in [-0.1, -0.05) is 46.5 Å². The summed E-state index contributed by atoms with van der Waals surface area (Å²) in [7, 11) is 0. The average molecular weight is 656 g/mol. The Bertz CT molecular complexity index is 2630. The van der Waals surface area contributed by atoms with Gasteiger partial charge in [0.2, 0.25) is 5.82 Å². The molecule has 0 aliphatic carbocycles. The van der Waals surface area contributed by atoms with Gasteiger partial charge in [0.15, 0.2) is 23.3 Å². The third-order valence-corrected chi connectivity index (χ3v) is 9.36. The first-order valence-electron chi connectivity index (χ1n) is 15.6. The van der Waals surface area contributed by atoms with Gasteiger partial charge in [-0.15, -0.1) is 0 Å². The fourth-order valence-electron chi connectivity index (χ4n) is 7.15. The third kappa shape index (κ3) is 4.32. The smallest absolute Gasteiger partial charge is 0.200 e. The summed E-state index contributed by atoms with van der Waals surface area (Å²) >= 11 is 0. The Hall–Kier alpha value is -5.94. The number of hydrogen-bond acceptors (Lipinski definition) is 1. The van der Waals surface area contributed by atoms with E-state index in [1.54, 1.807) is 4.57 Å². The van der Waals surface area contributed by atoms with Crippen LogP contribution in [0, 0.1) is 68.1 Å². The summed E-state index contributed by atoms with van der Waals surface area (Å²) in [5.74, 6) is -10.3. The molecule has 0 bridgehead atoms. The minimum absolute atomic E-state index is 0.00913. The van der Waals surface area contributed by atoms with Crippen LogP contribution in [0.4, 0.5) is 22.0 Å². The molecule has 2 aromatic heterocycles. The SMILES string of the molecule is Cc1ccc2c(c1)c1cc(C)ccc1n2-c1ccc(-c2c(F)c(F)c(F)c(F)c2F)c(-n2c3ccc(C)cc3c3cc(C)ccc32)c1C#N. The highest BCUT2D eigenvalue weighted by molar-refractivity contribution is 6.12. The van der Waals surface area contributed by atoms with E-state index in [2.05, 4.69) is 18.2 Å². The van der Waals surface area contributed by atoms with Gasteiger partial charge in [0.25, 0.3) is 0 Å². The van der Waals surface area contributed by atoms with E-state index in [-0.39, 0.29) is 16.8 Å². The molecule has 0 saturated carbocycles. The average Bonchev–Trinajstić information content (AvgIpc) is 3.57. The summed E-state index contributed by atoms with van der Waals surface area (Å²) in [5.41, 5.74) is 5.67. The van der Waals surface area contributed by atoms with Crippen molar-refractivity contribution in [2.45, 2.75) is 27.7 Å². The number of rotatable bonds is 3. The van der Waals surface area contributed by atoms with Gasteiger partial charge in [-0.25, -0.2) is 22.0 Å². The van der Waals surface area contributed by atoms with Crippen molar-refractivity contribution in [2.75, 3.05) is 0 Å². The van der Waals surface area contributed by atoms with E-state index in [1.807, 2.05) is 92.9 Å². The maximum Gasteiger partial charge on any atom is 0.200 e. The molecule has 2 heterocycles. The molecule has 240 valence electrons. The number of benzene rings is 6. The number of aromatic nitrogens is 2. The molecular formula is C41H26F5N3. The maximum atomic E-state index is 15.7. The van der Waals surface area contributed by atoms with Crippen molar-refractivity contribution in [3.8, 4) is 28.6 Å².